The molecule has 1 heterocycles. The lowest BCUT2D eigenvalue weighted by Crippen LogP contribution is -2.34. The van der Waals surface area contributed by atoms with Crippen LogP contribution in [0.25, 0.3) is 0 Å². The molecule has 0 aromatic carbocycles. The molecule has 1 aliphatic rings. The highest BCUT2D eigenvalue weighted by atomic mass is 15.2. The molecule has 0 saturated heterocycles. The van der Waals surface area contributed by atoms with Crippen LogP contribution in [0.5, 0.6) is 0 Å². The fourth-order valence-corrected chi connectivity index (χ4v) is 2.76. The topological polar surface area (TPSA) is 29.9 Å². The summed E-state index contributed by atoms with van der Waals surface area (Å²) in [5.41, 5.74) is 1.79. The highest BCUT2D eigenvalue weighted by molar-refractivity contribution is 5.09. The van der Waals surface area contributed by atoms with E-state index in [1.807, 2.05) is 17.9 Å². The summed E-state index contributed by atoms with van der Waals surface area (Å²) in [6, 6.07) is 0.405. The van der Waals surface area contributed by atoms with Gasteiger partial charge in [0, 0.05) is 31.4 Å². The van der Waals surface area contributed by atoms with Crippen molar-refractivity contribution in [3.8, 4) is 0 Å². The fourth-order valence-electron chi connectivity index (χ4n) is 2.76. The van der Waals surface area contributed by atoms with Gasteiger partial charge in [0.15, 0.2) is 0 Å². The molecule has 1 aliphatic carbocycles. The number of hydrogen-bond donors (Lipinski definition) is 1. The minimum atomic E-state index is 0.405. The van der Waals surface area contributed by atoms with Crippen LogP contribution in [-0.4, -0.2) is 16.3 Å². The van der Waals surface area contributed by atoms with Crippen molar-refractivity contribution in [2.45, 2.75) is 52.0 Å². The maximum Gasteiger partial charge on any atom is 0.0537 e. The van der Waals surface area contributed by atoms with Crippen LogP contribution in [-0.2, 0) is 7.05 Å². The number of rotatable bonds is 4. The summed E-state index contributed by atoms with van der Waals surface area (Å²) in [7, 11) is 1.97. The van der Waals surface area contributed by atoms with Crippen molar-refractivity contribution in [1.29, 1.82) is 0 Å². The van der Waals surface area contributed by atoms with E-state index in [2.05, 4.69) is 30.5 Å². The molecular weight excluding hydrogens is 210 g/mol. The molecule has 17 heavy (non-hydrogen) atoms. The molecule has 3 heteroatoms. The summed E-state index contributed by atoms with van der Waals surface area (Å²) < 4.78 is 1.87. The van der Waals surface area contributed by atoms with Crippen molar-refractivity contribution in [2.24, 2.45) is 12.5 Å². The van der Waals surface area contributed by atoms with Crippen LogP contribution in [0.3, 0.4) is 0 Å². The van der Waals surface area contributed by atoms with E-state index in [1.165, 1.54) is 37.7 Å². The predicted octanol–water partition coefficient (Wildman–Crippen LogP) is 3.04. The zero-order valence-electron chi connectivity index (χ0n) is 11.4. The standard InChI is InChI=1S/C14H25N3/c1-12(13-9-16-17(3)10-13)15-11-14(2)7-5-4-6-8-14/h9-10,12,15H,4-8,11H2,1-3H3. The van der Waals surface area contributed by atoms with Crippen molar-refractivity contribution in [2.75, 3.05) is 6.54 Å². The molecule has 1 fully saturated rings. The van der Waals surface area contributed by atoms with Crippen molar-refractivity contribution in [3.05, 3.63) is 18.0 Å². The monoisotopic (exact) mass is 235 g/mol. The Hall–Kier alpha value is -0.830. The molecular formula is C14H25N3. The maximum atomic E-state index is 4.23. The molecule has 1 saturated carbocycles. The van der Waals surface area contributed by atoms with Gasteiger partial charge in [-0.05, 0) is 25.2 Å². The molecule has 0 radical (unpaired) electrons. The minimum absolute atomic E-state index is 0.405. The summed E-state index contributed by atoms with van der Waals surface area (Å²) in [6.45, 7) is 5.78. The van der Waals surface area contributed by atoms with Crippen LogP contribution in [0.15, 0.2) is 12.4 Å². The van der Waals surface area contributed by atoms with Gasteiger partial charge in [-0.3, -0.25) is 4.68 Å². The Morgan fingerprint density at radius 2 is 2.12 bits per heavy atom. The fraction of sp³-hybridized carbons (Fsp3) is 0.786. The summed E-state index contributed by atoms with van der Waals surface area (Å²) in [5.74, 6) is 0. The lowest BCUT2D eigenvalue weighted by atomic mass is 9.75. The summed E-state index contributed by atoms with van der Waals surface area (Å²) >= 11 is 0. The minimum Gasteiger partial charge on any atom is -0.310 e. The molecule has 2 rings (SSSR count). The molecule has 1 unspecified atom stereocenters. The summed E-state index contributed by atoms with van der Waals surface area (Å²) in [6.07, 6.45) is 11.0. The highest BCUT2D eigenvalue weighted by Gasteiger charge is 2.26. The number of aryl methyl sites for hydroxylation is 1. The SMILES string of the molecule is CC(NCC1(C)CCCCC1)c1cnn(C)c1. The van der Waals surface area contributed by atoms with Gasteiger partial charge in [-0.1, -0.05) is 26.2 Å². The molecule has 96 valence electrons. The maximum absolute atomic E-state index is 4.23. The van der Waals surface area contributed by atoms with Crippen LogP contribution < -0.4 is 5.32 Å². The summed E-state index contributed by atoms with van der Waals surface area (Å²) in [4.78, 5) is 0. The van der Waals surface area contributed by atoms with Gasteiger partial charge in [-0.25, -0.2) is 0 Å². The normalized spacial score (nSPS) is 21.4. The lowest BCUT2D eigenvalue weighted by Gasteiger charge is -2.34. The number of nitrogens with zero attached hydrogens (tertiary/aromatic N) is 2. The van der Waals surface area contributed by atoms with Gasteiger partial charge in [0.25, 0.3) is 0 Å². The average Bonchev–Trinajstić information content (AvgIpc) is 2.74. The molecule has 0 aliphatic heterocycles. The van der Waals surface area contributed by atoms with Crippen molar-refractivity contribution in [1.82, 2.24) is 15.1 Å². The van der Waals surface area contributed by atoms with Crippen molar-refractivity contribution in [3.63, 3.8) is 0 Å². The molecule has 1 aromatic heterocycles. The Labute approximate surface area is 105 Å². The van der Waals surface area contributed by atoms with Gasteiger partial charge >= 0.3 is 0 Å². The second-order valence-corrected chi connectivity index (χ2v) is 5.92. The molecule has 1 atom stereocenters. The van der Waals surface area contributed by atoms with Gasteiger partial charge in [-0.15, -0.1) is 0 Å². The molecule has 1 aromatic rings. The zero-order valence-corrected chi connectivity index (χ0v) is 11.4. The molecule has 1 N–H and O–H groups in total. The van der Waals surface area contributed by atoms with E-state index in [4.69, 9.17) is 0 Å². The number of hydrogen-bond acceptors (Lipinski definition) is 2. The molecule has 0 bridgehead atoms. The largest absolute Gasteiger partial charge is 0.310 e. The third-order valence-electron chi connectivity index (χ3n) is 4.12. The van der Waals surface area contributed by atoms with Crippen molar-refractivity contribution >= 4 is 0 Å². The van der Waals surface area contributed by atoms with E-state index in [1.54, 1.807) is 0 Å². The first-order chi connectivity index (χ1) is 8.09. The Kier molecular flexibility index (Phi) is 3.87. The van der Waals surface area contributed by atoms with E-state index in [9.17, 15) is 0 Å². The molecule has 3 nitrogen and oxygen atoms in total. The van der Waals surface area contributed by atoms with Gasteiger partial charge in [0.1, 0.15) is 0 Å². The Morgan fingerprint density at radius 3 is 2.71 bits per heavy atom. The molecule has 0 amide bonds. The van der Waals surface area contributed by atoms with Gasteiger partial charge in [0.05, 0.1) is 6.20 Å². The van der Waals surface area contributed by atoms with Crippen LogP contribution in [0, 0.1) is 5.41 Å². The smallest absolute Gasteiger partial charge is 0.0537 e. The van der Waals surface area contributed by atoms with Crippen LogP contribution in [0.2, 0.25) is 0 Å². The molecule has 0 spiro atoms. The predicted molar refractivity (Wildman–Crippen MR) is 70.8 cm³/mol. The first kappa shape index (κ1) is 12.6. The quantitative estimate of drug-likeness (QED) is 0.869. The highest BCUT2D eigenvalue weighted by Crippen LogP contribution is 2.35. The van der Waals surface area contributed by atoms with Gasteiger partial charge in [-0.2, -0.15) is 5.10 Å². The first-order valence-corrected chi connectivity index (χ1v) is 6.81. The van der Waals surface area contributed by atoms with Gasteiger partial charge < -0.3 is 5.32 Å². The second-order valence-electron chi connectivity index (χ2n) is 5.92. The van der Waals surface area contributed by atoms with E-state index in [-0.39, 0.29) is 0 Å². The van der Waals surface area contributed by atoms with E-state index in [0.717, 1.165) is 6.54 Å². The number of aromatic nitrogens is 2. The van der Waals surface area contributed by atoms with E-state index < -0.39 is 0 Å². The second kappa shape index (κ2) is 5.21. The van der Waals surface area contributed by atoms with Crippen molar-refractivity contribution < 1.29 is 0 Å². The first-order valence-electron chi connectivity index (χ1n) is 6.81. The van der Waals surface area contributed by atoms with Crippen LogP contribution in [0.1, 0.15) is 57.6 Å². The number of nitrogens with one attached hydrogen (secondary N) is 1. The van der Waals surface area contributed by atoms with Crippen LogP contribution >= 0.6 is 0 Å². The summed E-state index contributed by atoms with van der Waals surface area (Å²) in [5, 5.41) is 7.90. The van der Waals surface area contributed by atoms with Gasteiger partial charge in [0.2, 0.25) is 0 Å². The third kappa shape index (κ3) is 3.32. The van der Waals surface area contributed by atoms with E-state index >= 15 is 0 Å². The third-order valence-corrected chi connectivity index (χ3v) is 4.12. The lowest BCUT2D eigenvalue weighted by molar-refractivity contribution is 0.202. The van der Waals surface area contributed by atoms with E-state index in [0.29, 0.717) is 11.5 Å². The Balaban J connectivity index is 1.85. The Bertz CT molecular complexity index is 350. The average molecular weight is 235 g/mol. The zero-order chi connectivity index (χ0) is 12.3. The van der Waals surface area contributed by atoms with Crippen LogP contribution in [0.4, 0.5) is 0 Å². The Morgan fingerprint density at radius 1 is 1.41 bits per heavy atom.